The average Bonchev–Trinajstić information content (AvgIpc) is 2.61. The Balaban J connectivity index is 2.06. The maximum Gasteiger partial charge on any atom is 0.119 e. The van der Waals surface area contributed by atoms with Crippen LogP contribution in [0.3, 0.4) is 0 Å². The fraction of sp³-hybridized carbons (Fsp3) is 0.385. The van der Waals surface area contributed by atoms with Gasteiger partial charge in [0.25, 0.3) is 0 Å². The van der Waals surface area contributed by atoms with E-state index in [1.807, 2.05) is 12.1 Å². The lowest BCUT2D eigenvalue weighted by atomic mass is 10.1. The monoisotopic (exact) mass is 203 g/mol. The Morgan fingerprint density at radius 3 is 3.20 bits per heavy atom. The Kier molecular flexibility index (Phi) is 3.07. The number of aryl methyl sites for hydroxylation is 1. The minimum absolute atomic E-state index is 0.224. The highest BCUT2D eigenvalue weighted by Crippen LogP contribution is 2.31. The van der Waals surface area contributed by atoms with Crippen LogP contribution < -0.4 is 10.5 Å². The van der Waals surface area contributed by atoms with E-state index < -0.39 is 0 Å². The molecule has 0 aliphatic heterocycles. The zero-order chi connectivity index (χ0) is 10.7. The Morgan fingerprint density at radius 1 is 1.53 bits per heavy atom. The topological polar surface area (TPSA) is 35.2 Å². The minimum atomic E-state index is 0.224. The van der Waals surface area contributed by atoms with E-state index in [-0.39, 0.29) is 6.04 Å². The second kappa shape index (κ2) is 4.49. The van der Waals surface area contributed by atoms with Gasteiger partial charge >= 0.3 is 0 Å². The van der Waals surface area contributed by atoms with Crippen LogP contribution in [0.1, 0.15) is 30.0 Å². The number of ether oxygens (including phenoxy) is 1. The highest BCUT2D eigenvalue weighted by atomic mass is 16.5. The van der Waals surface area contributed by atoms with Gasteiger partial charge in [-0.1, -0.05) is 12.1 Å². The number of hydrogen-bond acceptors (Lipinski definition) is 2. The second-order valence-electron chi connectivity index (χ2n) is 3.93. The maximum absolute atomic E-state index is 5.96. The number of hydrogen-bond donors (Lipinski definition) is 1. The number of benzene rings is 1. The van der Waals surface area contributed by atoms with Gasteiger partial charge in [-0.2, -0.15) is 0 Å². The van der Waals surface area contributed by atoms with Gasteiger partial charge in [-0.3, -0.25) is 0 Å². The van der Waals surface area contributed by atoms with Crippen molar-refractivity contribution in [3.8, 4) is 5.75 Å². The summed E-state index contributed by atoms with van der Waals surface area (Å²) >= 11 is 0. The first-order valence-corrected chi connectivity index (χ1v) is 5.43. The van der Waals surface area contributed by atoms with E-state index >= 15 is 0 Å². The summed E-state index contributed by atoms with van der Waals surface area (Å²) in [6.45, 7) is 4.37. The van der Waals surface area contributed by atoms with E-state index in [1.165, 1.54) is 11.1 Å². The average molecular weight is 203 g/mol. The van der Waals surface area contributed by atoms with Gasteiger partial charge in [0, 0.05) is 6.04 Å². The van der Waals surface area contributed by atoms with Gasteiger partial charge in [0.05, 0.1) is 6.61 Å². The molecule has 0 radical (unpaired) electrons. The molecule has 0 heterocycles. The van der Waals surface area contributed by atoms with Crippen LogP contribution in [-0.2, 0) is 6.42 Å². The Labute approximate surface area is 90.7 Å². The van der Waals surface area contributed by atoms with Crippen molar-refractivity contribution >= 4 is 0 Å². The summed E-state index contributed by atoms with van der Waals surface area (Å²) in [5, 5.41) is 0. The minimum Gasteiger partial charge on any atom is -0.493 e. The summed E-state index contributed by atoms with van der Waals surface area (Å²) < 4.78 is 5.59. The standard InChI is InChI=1S/C13H17NO/c1-2-3-8-15-11-5-6-12-10(9-11)4-7-13(12)14/h2,5-6,9,13H,1,3-4,7-8,14H2/t13-/m1/s1. The molecule has 2 nitrogen and oxygen atoms in total. The molecule has 0 amide bonds. The van der Waals surface area contributed by atoms with Crippen molar-refractivity contribution in [2.75, 3.05) is 6.61 Å². The second-order valence-corrected chi connectivity index (χ2v) is 3.93. The molecule has 0 saturated heterocycles. The molecular formula is C13H17NO. The van der Waals surface area contributed by atoms with Crippen molar-refractivity contribution in [1.29, 1.82) is 0 Å². The molecule has 2 heteroatoms. The van der Waals surface area contributed by atoms with Crippen molar-refractivity contribution < 1.29 is 4.74 Å². The van der Waals surface area contributed by atoms with Gasteiger partial charge in [-0.05, 0) is 42.5 Å². The molecule has 0 bridgehead atoms. The number of nitrogens with two attached hydrogens (primary N) is 1. The molecule has 0 saturated carbocycles. The predicted octanol–water partition coefficient (Wildman–Crippen LogP) is 2.59. The Bertz CT molecular complexity index is 360. The summed E-state index contributed by atoms with van der Waals surface area (Å²) in [4.78, 5) is 0. The van der Waals surface area contributed by atoms with Gasteiger partial charge in [0.15, 0.2) is 0 Å². The summed E-state index contributed by atoms with van der Waals surface area (Å²) in [5.74, 6) is 0.949. The van der Waals surface area contributed by atoms with E-state index in [0.717, 1.165) is 25.0 Å². The molecule has 80 valence electrons. The molecule has 0 unspecified atom stereocenters. The molecule has 1 aliphatic carbocycles. The van der Waals surface area contributed by atoms with Gasteiger partial charge in [0.2, 0.25) is 0 Å². The molecule has 1 aromatic carbocycles. The molecule has 2 N–H and O–H groups in total. The SMILES string of the molecule is C=CCCOc1ccc2c(c1)CC[C@H]2N. The van der Waals surface area contributed by atoms with Crippen LogP contribution in [0.4, 0.5) is 0 Å². The lowest BCUT2D eigenvalue weighted by Gasteiger charge is -2.08. The third-order valence-corrected chi connectivity index (χ3v) is 2.83. The van der Waals surface area contributed by atoms with E-state index in [2.05, 4.69) is 18.7 Å². The lowest BCUT2D eigenvalue weighted by molar-refractivity contribution is 0.324. The molecule has 0 spiro atoms. The largest absolute Gasteiger partial charge is 0.493 e. The van der Waals surface area contributed by atoms with Crippen LogP contribution >= 0.6 is 0 Å². The van der Waals surface area contributed by atoms with E-state index in [4.69, 9.17) is 10.5 Å². The number of rotatable bonds is 4. The van der Waals surface area contributed by atoms with Gasteiger partial charge in [0.1, 0.15) is 5.75 Å². The van der Waals surface area contributed by atoms with E-state index in [0.29, 0.717) is 6.61 Å². The van der Waals surface area contributed by atoms with E-state index in [9.17, 15) is 0 Å². The highest BCUT2D eigenvalue weighted by molar-refractivity contribution is 5.40. The molecule has 0 aromatic heterocycles. The summed E-state index contributed by atoms with van der Waals surface area (Å²) in [6, 6.07) is 6.44. The van der Waals surface area contributed by atoms with Crippen molar-refractivity contribution in [3.63, 3.8) is 0 Å². The van der Waals surface area contributed by atoms with E-state index in [1.54, 1.807) is 0 Å². The summed E-state index contributed by atoms with van der Waals surface area (Å²) in [5.41, 5.74) is 8.59. The Morgan fingerprint density at radius 2 is 2.40 bits per heavy atom. The predicted molar refractivity (Wildman–Crippen MR) is 62.0 cm³/mol. The van der Waals surface area contributed by atoms with Crippen LogP contribution in [0.2, 0.25) is 0 Å². The first-order valence-electron chi connectivity index (χ1n) is 5.43. The van der Waals surface area contributed by atoms with Crippen molar-refractivity contribution in [2.24, 2.45) is 5.73 Å². The van der Waals surface area contributed by atoms with Gasteiger partial charge in [-0.15, -0.1) is 6.58 Å². The molecule has 1 aromatic rings. The molecule has 1 aliphatic rings. The maximum atomic E-state index is 5.96. The third-order valence-electron chi connectivity index (χ3n) is 2.83. The third kappa shape index (κ3) is 2.21. The van der Waals surface area contributed by atoms with Crippen LogP contribution in [0, 0.1) is 0 Å². The Hall–Kier alpha value is -1.28. The van der Waals surface area contributed by atoms with Gasteiger partial charge < -0.3 is 10.5 Å². The summed E-state index contributed by atoms with van der Waals surface area (Å²) in [6.07, 6.45) is 4.89. The van der Waals surface area contributed by atoms with Crippen LogP contribution in [-0.4, -0.2) is 6.61 Å². The first kappa shape index (κ1) is 10.2. The first-order chi connectivity index (χ1) is 7.31. The lowest BCUT2D eigenvalue weighted by Crippen LogP contribution is -2.05. The zero-order valence-electron chi connectivity index (χ0n) is 8.91. The molecule has 0 fully saturated rings. The smallest absolute Gasteiger partial charge is 0.119 e. The quantitative estimate of drug-likeness (QED) is 0.603. The molecule has 2 rings (SSSR count). The van der Waals surface area contributed by atoms with Crippen LogP contribution in [0.5, 0.6) is 5.75 Å². The number of fused-ring (bicyclic) bond motifs is 1. The highest BCUT2D eigenvalue weighted by Gasteiger charge is 2.18. The normalized spacial score (nSPS) is 18.6. The van der Waals surface area contributed by atoms with Crippen molar-refractivity contribution in [3.05, 3.63) is 42.0 Å². The molecular weight excluding hydrogens is 186 g/mol. The fourth-order valence-electron chi connectivity index (χ4n) is 1.98. The van der Waals surface area contributed by atoms with Crippen molar-refractivity contribution in [1.82, 2.24) is 0 Å². The van der Waals surface area contributed by atoms with Gasteiger partial charge in [-0.25, -0.2) is 0 Å². The van der Waals surface area contributed by atoms with Crippen LogP contribution in [0.15, 0.2) is 30.9 Å². The molecule has 15 heavy (non-hydrogen) atoms. The zero-order valence-corrected chi connectivity index (χ0v) is 8.91. The van der Waals surface area contributed by atoms with Crippen LogP contribution in [0.25, 0.3) is 0 Å². The summed E-state index contributed by atoms with van der Waals surface area (Å²) in [7, 11) is 0. The fourth-order valence-corrected chi connectivity index (χ4v) is 1.98. The molecule has 1 atom stereocenters. The van der Waals surface area contributed by atoms with Crippen molar-refractivity contribution in [2.45, 2.75) is 25.3 Å².